The van der Waals surface area contributed by atoms with Gasteiger partial charge < -0.3 is 15.2 Å². The van der Waals surface area contributed by atoms with Crippen LogP contribution in [0.2, 0.25) is 0 Å². The van der Waals surface area contributed by atoms with E-state index in [-0.39, 0.29) is 17.4 Å². The van der Waals surface area contributed by atoms with Crippen molar-refractivity contribution in [3.8, 4) is 0 Å². The Morgan fingerprint density at radius 3 is 2.84 bits per heavy atom. The third kappa shape index (κ3) is 3.52. The van der Waals surface area contributed by atoms with E-state index >= 15 is 0 Å². The summed E-state index contributed by atoms with van der Waals surface area (Å²) >= 11 is 0. The molecule has 0 aliphatic carbocycles. The quantitative estimate of drug-likeness (QED) is 0.670. The van der Waals surface area contributed by atoms with Crippen LogP contribution < -0.4 is 10.6 Å². The lowest BCUT2D eigenvalue weighted by Crippen LogP contribution is -2.25. The highest BCUT2D eigenvalue weighted by atomic mass is 16.5. The van der Waals surface area contributed by atoms with Crippen LogP contribution in [0, 0.1) is 6.92 Å². The largest absolute Gasteiger partial charge is 0.360 e. The molecule has 0 unspecified atom stereocenters. The van der Waals surface area contributed by atoms with E-state index in [1.54, 1.807) is 41.8 Å². The molecule has 3 aromatic heterocycles. The van der Waals surface area contributed by atoms with Gasteiger partial charge in [-0.3, -0.25) is 14.0 Å². The number of hydrogen-bond donors (Lipinski definition) is 2. The topological polar surface area (TPSA) is 102 Å². The first-order valence-corrected chi connectivity index (χ1v) is 8.10. The number of carbonyl (C=O) groups is 2. The molecular weight excluding hydrogens is 322 g/mol. The van der Waals surface area contributed by atoms with Crippen molar-refractivity contribution in [3.63, 3.8) is 0 Å². The zero-order valence-corrected chi connectivity index (χ0v) is 14.1. The molecule has 3 aromatic rings. The molecule has 2 amide bonds. The molecule has 0 bridgehead atoms. The van der Waals surface area contributed by atoms with Gasteiger partial charge in [0.1, 0.15) is 5.76 Å². The van der Waals surface area contributed by atoms with E-state index in [0.29, 0.717) is 23.6 Å². The average molecular weight is 341 g/mol. The van der Waals surface area contributed by atoms with Crippen molar-refractivity contribution in [2.75, 3.05) is 11.9 Å². The van der Waals surface area contributed by atoms with Gasteiger partial charge in [-0.1, -0.05) is 24.6 Å². The highest BCUT2D eigenvalue weighted by Gasteiger charge is 2.21. The van der Waals surface area contributed by atoms with Gasteiger partial charge in [0, 0.05) is 18.8 Å². The maximum absolute atomic E-state index is 12.5. The maximum Gasteiger partial charge on any atom is 0.293 e. The van der Waals surface area contributed by atoms with Crippen molar-refractivity contribution in [3.05, 3.63) is 47.7 Å². The Kier molecular flexibility index (Phi) is 4.78. The van der Waals surface area contributed by atoms with Crippen LogP contribution in [0.3, 0.4) is 0 Å². The van der Waals surface area contributed by atoms with Crippen LogP contribution in [-0.2, 0) is 0 Å². The number of fused-ring (bicyclic) bond motifs is 1. The van der Waals surface area contributed by atoms with Crippen molar-refractivity contribution in [1.29, 1.82) is 0 Å². The Morgan fingerprint density at radius 2 is 2.12 bits per heavy atom. The molecule has 0 aliphatic rings. The molecule has 130 valence electrons. The molecule has 25 heavy (non-hydrogen) atoms. The lowest BCUT2D eigenvalue weighted by Gasteiger charge is -2.01. The van der Waals surface area contributed by atoms with E-state index in [1.165, 1.54) is 0 Å². The molecule has 3 rings (SSSR count). The van der Waals surface area contributed by atoms with Gasteiger partial charge in [-0.2, -0.15) is 0 Å². The number of imidazole rings is 1. The SMILES string of the molecule is CCCCNC(=O)c1nc(C(=O)Nc2cc(C)on2)n2ccccc12. The number of rotatable bonds is 6. The minimum atomic E-state index is -0.470. The summed E-state index contributed by atoms with van der Waals surface area (Å²) in [7, 11) is 0. The van der Waals surface area contributed by atoms with Crippen molar-refractivity contribution in [2.45, 2.75) is 26.7 Å². The van der Waals surface area contributed by atoms with Gasteiger partial charge in [0.2, 0.25) is 5.82 Å². The third-order valence-corrected chi connectivity index (χ3v) is 3.65. The Hall–Kier alpha value is -3.16. The van der Waals surface area contributed by atoms with Crippen LogP contribution in [0.25, 0.3) is 5.52 Å². The summed E-state index contributed by atoms with van der Waals surface area (Å²) in [6, 6.07) is 6.91. The van der Waals surface area contributed by atoms with E-state index in [9.17, 15) is 9.59 Å². The molecule has 0 aromatic carbocycles. The molecule has 0 spiro atoms. The predicted molar refractivity (Wildman–Crippen MR) is 91.6 cm³/mol. The minimum absolute atomic E-state index is 0.108. The van der Waals surface area contributed by atoms with E-state index in [2.05, 4.69) is 20.8 Å². The van der Waals surface area contributed by atoms with Crippen LogP contribution in [0.15, 0.2) is 35.0 Å². The number of carbonyl (C=O) groups excluding carboxylic acids is 2. The van der Waals surface area contributed by atoms with Crippen LogP contribution >= 0.6 is 0 Å². The summed E-state index contributed by atoms with van der Waals surface area (Å²) in [6.07, 6.45) is 3.56. The van der Waals surface area contributed by atoms with Gasteiger partial charge in [0.15, 0.2) is 11.5 Å². The monoisotopic (exact) mass is 341 g/mol. The van der Waals surface area contributed by atoms with Crippen molar-refractivity contribution >= 4 is 23.1 Å². The lowest BCUT2D eigenvalue weighted by molar-refractivity contribution is 0.0950. The second-order valence-corrected chi connectivity index (χ2v) is 5.63. The number of aromatic nitrogens is 3. The summed E-state index contributed by atoms with van der Waals surface area (Å²) in [5.74, 6) is 0.218. The van der Waals surface area contributed by atoms with Crippen molar-refractivity contribution in [2.24, 2.45) is 0 Å². The molecule has 0 radical (unpaired) electrons. The summed E-state index contributed by atoms with van der Waals surface area (Å²) in [5.41, 5.74) is 0.788. The molecule has 3 heterocycles. The first-order valence-electron chi connectivity index (χ1n) is 8.10. The number of pyridine rings is 1. The first kappa shape index (κ1) is 16.7. The molecular formula is C17H19N5O3. The molecule has 8 nitrogen and oxygen atoms in total. The standard InChI is InChI=1S/C17H19N5O3/c1-3-4-8-18-16(23)14-12-7-5-6-9-22(12)15(20-14)17(24)19-13-10-11(2)25-21-13/h5-7,9-10H,3-4,8H2,1-2H3,(H,18,23)(H,19,21,24). The molecule has 0 aliphatic heterocycles. The van der Waals surface area contributed by atoms with Crippen LogP contribution in [0.4, 0.5) is 5.82 Å². The number of unbranched alkanes of at least 4 members (excludes halogenated alkanes) is 1. The van der Waals surface area contributed by atoms with Gasteiger partial charge >= 0.3 is 0 Å². The summed E-state index contributed by atoms with van der Waals surface area (Å²) in [5, 5.41) is 9.17. The Morgan fingerprint density at radius 1 is 1.28 bits per heavy atom. The fraction of sp³-hybridized carbons (Fsp3) is 0.294. The maximum atomic E-state index is 12.5. The first-order chi connectivity index (χ1) is 12.1. The Bertz CT molecular complexity index is 912. The Balaban J connectivity index is 1.90. The average Bonchev–Trinajstić information content (AvgIpc) is 3.18. The van der Waals surface area contributed by atoms with E-state index in [0.717, 1.165) is 12.8 Å². The zero-order valence-electron chi connectivity index (χ0n) is 14.1. The van der Waals surface area contributed by atoms with Gasteiger partial charge in [0.25, 0.3) is 11.8 Å². The van der Waals surface area contributed by atoms with Crippen LogP contribution in [-0.4, -0.2) is 32.9 Å². The number of hydrogen-bond acceptors (Lipinski definition) is 5. The van der Waals surface area contributed by atoms with E-state index < -0.39 is 5.91 Å². The second kappa shape index (κ2) is 7.16. The van der Waals surface area contributed by atoms with E-state index in [1.807, 2.05) is 6.92 Å². The fourth-order valence-corrected chi connectivity index (χ4v) is 2.43. The van der Waals surface area contributed by atoms with Crippen LogP contribution in [0.1, 0.15) is 46.6 Å². The highest BCUT2D eigenvalue weighted by molar-refractivity contribution is 6.05. The summed E-state index contributed by atoms with van der Waals surface area (Å²) < 4.78 is 6.51. The normalized spacial score (nSPS) is 10.8. The number of anilines is 1. The number of aryl methyl sites for hydroxylation is 1. The summed E-state index contributed by atoms with van der Waals surface area (Å²) in [6.45, 7) is 4.35. The molecule has 2 N–H and O–H groups in total. The summed E-state index contributed by atoms with van der Waals surface area (Å²) in [4.78, 5) is 29.2. The van der Waals surface area contributed by atoms with Crippen LogP contribution in [0.5, 0.6) is 0 Å². The van der Waals surface area contributed by atoms with Gasteiger partial charge in [-0.15, -0.1) is 0 Å². The van der Waals surface area contributed by atoms with Gasteiger partial charge in [-0.05, 0) is 25.5 Å². The molecule has 0 fully saturated rings. The molecule has 8 heteroatoms. The predicted octanol–water partition coefficient (Wildman–Crippen LogP) is 2.41. The minimum Gasteiger partial charge on any atom is -0.360 e. The highest BCUT2D eigenvalue weighted by Crippen LogP contribution is 2.15. The smallest absolute Gasteiger partial charge is 0.293 e. The van der Waals surface area contributed by atoms with Gasteiger partial charge in [-0.25, -0.2) is 4.98 Å². The fourth-order valence-electron chi connectivity index (χ4n) is 2.43. The number of nitrogens with zero attached hydrogens (tertiary/aromatic N) is 3. The lowest BCUT2D eigenvalue weighted by atomic mass is 10.3. The molecule has 0 atom stereocenters. The number of nitrogens with one attached hydrogen (secondary N) is 2. The van der Waals surface area contributed by atoms with Gasteiger partial charge in [0.05, 0.1) is 5.52 Å². The van der Waals surface area contributed by atoms with Crippen molar-refractivity contribution < 1.29 is 14.1 Å². The Labute approximate surface area is 144 Å². The number of amides is 2. The molecule has 0 saturated heterocycles. The van der Waals surface area contributed by atoms with E-state index in [4.69, 9.17) is 4.52 Å². The third-order valence-electron chi connectivity index (χ3n) is 3.65. The second-order valence-electron chi connectivity index (χ2n) is 5.63. The zero-order chi connectivity index (χ0) is 17.8. The van der Waals surface area contributed by atoms with Crippen molar-refractivity contribution in [1.82, 2.24) is 19.9 Å². The molecule has 0 saturated carbocycles.